The highest BCUT2D eigenvalue weighted by Crippen LogP contribution is 2.34. The van der Waals surface area contributed by atoms with Crippen molar-refractivity contribution >= 4 is 0 Å². The molecular formula is C14H20F2O3. The zero-order valence-electron chi connectivity index (χ0n) is 11.5. The summed E-state index contributed by atoms with van der Waals surface area (Å²) in [6.45, 7) is 3.31. The minimum absolute atomic E-state index is 0.00882. The van der Waals surface area contributed by atoms with Crippen LogP contribution in [-0.2, 0) is 5.41 Å². The molecule has 108 valence electrons. The molecule has 0 bridgehead atoms. The third-order valence-corrected chi connectivity index (χ3v) is 2.59. The maximum Gasteiger partial charge on any atom is 0.387 e. The number of aliphatic hydroxyl groups excluding tert-OH is 1. The van der Waals surface area contributed by atoms with Gasteiger partial charge in [-0.15, -0.1) is 0 Å². The Labute approximate surface area is 112 Å². The van der Waals surface area contributed by atoms with Crippen molar-refractivity contribution in [2.24, 2.45) is 0 Å². The summed E-state index contributed by atoms with van der Waals surface area (Å²) in [4.78, 5) is 0. The van der Waals surface area contributed by atoms with E-state index in [4.69, 9.17) is 9.84 Å². The van der Waals surface area contributed by atoms with Crippen LogP contribution < -0.4 is 9.47 Å². The summed E-state index contributed by atoms with van der Waals surface area (Å²) in [5.41, 5.74) is 0.724. The van der Waals surface area contributed by atoms with E-state index < -0.39 is 6.61 Å². The molecule has 0 radical (unpaired) electrons. The first-order valence-electron chi connectivity index (χ1n) is 6.17. The smallest absolute Gasteiger partial charge is 0.387 e. The fourth-order valence-electron chi connectivity index (χ4n) is 1.53. The Balaban J connectivity index is 2.95. The standard InChI is InChI=1S/C14H20F2O3/c1-14(2,3)10-5-6-11(18-8-4-7-17)12(9-10)19-13(15)16/h5-6,9,13,17H,4,7-8H2,1-3H3. The lowest BCUT2D eigenvalue weighted by Gasteiger charge is -2.21. The van der Waals surface area contributed by atoms with Crippen LogP contribution in [0.1, 0.15) is 32.8 Å². The highest BCUT2D eigenvalue weighted by Gasteiger charge is 2.18. The molecule has 0 unspecified atom stereocenters. The van der Waals surface area contributed by atoms with Crippen molar-refractivity contribution in [1.82, 2.24) is 0 Å². The summed E-state index contributed by atoms with van der Waals surface area (Å²) in [7, 11) is 0. The van der Waals surface area contributed by atoms with Gasteiger partial charge in [0, 0.05) is 13.0 Å². The highest BCUT2D eigenvalue weighted by atomic mass is 19.3. The van der Waals surface area contributed by atoms with Gasteiger partial charge in [0.25, 0.3) is 0 Å². The summed E-state index contributed by atoms with van der Waals surface area (Å²) in [5.74, 6) is 0.294. The van der Waals surface area contributed by atoms with Gasteiger partial charge < -0.3 is 14.6 Å². The molecule has 0 saturated heterocycles. The van der Waals surface area contributed by atoms with Gasteiger partial charge >= 0.3 is 6.61 Å². The molecule has 0 heterocycles. The van der Waals surface area contributed by atoms with Gasteiger partial charge in [0.15, 0.2) is 11.5 Å². The first-order chi connectivity index (χ1) is 8.84. The third kappa shape index (κ3) is 5.03. The van der Waals surface area contributed by atoms with Crippen LogP contribution >= 0.6 is 0 Å². The fourth-order valence-corrected chi connectivity index (χ4v) is 1.53. The Morgan fingerprint density at radius 2 is 1.89 bits per heavy atom. The second-order valence-electron chi connectivity index (χ2n) is 5.22. The molecule has 0 aliphatic rings. The van der Waals surface area contributed by atoms with Crippen molar-refractivity contribution < 1.29 is 23.4 Å². The average Bonchev–Trinajstić information content (AvgIpc) is 2.29. The molecule has 1 rings (SSSR count). The van der Waals surface area contributed by atoms with Crippen molar-refractivity contribution in [1.29, 1.82) is 0 Å². The molecule has 0 atom stereocenters. The lowest BCUT2D eigenvalue weighted by atomic mass is 9.87. The molecule has 0 aliphatic carbocycles. The van der Waals surface area contributed by atoms with E-state index >= 15 is 0 Å². The molecule has 5 heteroatoms. The van der Waals surface area contributed by atoms with Crippen LogP contribution in [-0.4, -0.2) is 24.9 Å². The Kier molecular flexibility index (Phi) is 5.54. The molecule has 0 fully saturated rings. The zero-order valence-corrected chi connectivity index (χ0v) is 11.5. The average molecular weight is 274 g/mol. The molecule has 1 N–H and O–H groups in total. The fraction of sp³-hybridized carbons (Fsp3) is 0.571. The largest absolute Gasteiger partial charge is 0.490 e. The minimum atomic E-state index is -2.89. The molecule has 1 aromatic carbocycles. The Morgan fingerprint density at radius 1 is 1.21 bits per heavy atom. The van der Waals surface area contributed by atoms with E-state index in [9.17, 15) is 8.78 Å². The predicted molar refractivity (Wildman–Crippen MR) is 69.0 cm³/mol. The Morgan fingerprint density at radius 3 is 2.42 bits per heavy atom. The highest BCUT2D eigenvalue weighted by molar-refractivity contribution is 5.44. The molecule has 3 nitrogen and oxygen atoms in total. The first kappa shape index (κ1) is 15.7. The number of halogens is 2. The Bertz CT molecular complexity index is 400. The lowest BCUT2D eigenvalue weighted by Crippen LogP contribution is -2.13. The van der Waals surface area contributed by atoms with E-state index in [1.807, 2.05) is 26.8 Å². The van der Waals surface area contributed by atoms with Crippen molar-refractivity contribution in [2.75, 3.05) is 13.2 Å². The van der Waals surface area contributed by atoms with Gasteiger partial charge in [-0.1, -0.05) is 26.8 Å². The van der Waals surface area contributed by atoms with E-state index in [-0.39, 0.29) is 30.1 Å². The molecule has 0 amide bonds. The van der Waals surface area contributed by atoms with Crippen molar-refractivity contribution in [2.45, 2.75) is 39.2 Å². The monoisotopic (exact) mass is 274 g/mol. The van der Waals surface area contributed by atoms with Crippen LogP contribution in [0.4, 0.5) is 8.78 Å². The number of ether oxygens (including phenoxy) is 2. The number of rotatable bonds is 6. The maximum atomic E-state index is 12.4. The van der Waals surface area contributed by atoms with Gasteiger partial charge in [-0.05, 0) is 23.1 Å². The van der Waals surface area contributed by atoms with Crippen LogP contribution in [0.3, 0.4) is 0 Å². The summed E-state index contributed by atoms with van der Waals surface area (Å²) in [5, 5.41) is 8.68. The lowest BCUT2D eigenvalue weighted by molar-refractivity contribution is -0.0516. The summed E-state index contributed by atoms with van der Waals surface area (Å²) >= 11 is 0. The number of aliphatic hydroxyl groups is 1. The van der Waals surface area contributed by atoms with Crippen LogP contribution in [0.25, 0.3) is 0 Å². The van der Waals surface area contributed by atoms with Gasteiger partial charge in [0.2, 0.25) is 0 Å². The van der Waals surface area contributed by atoms with Gasteiger partial charge in [-0.2, -0.15) is 8.78 Å². The first-order valence-corrected chi connectivity index (χ1v) is 6.17. The normalized spacial score (nSPS) is 11.7. The second-order valence-corrected chi connectivity index (χ2v) is 5.22. The minimum Gasteiger partial charge on any atom is -0.490 e. The maximum absolute atomic E-state index is 12.4. The van der Waals surface area contributed by atoms with Crippen molar-refractivity contribution in [3.05, 3.63) is 23.8 Å². The summed E-state index contributed by atoms with van der Waals surface area (Å²) in [6.07, 6.45) is 0.440. The molecule has 0 aliphatic heterocycles. The van der Waals surface area contributed by atoms with Gasteiger partial charge in [0.1, 0.15) is 0 Å². The third-order valence-electron chi connectivity index (χ3n) is 2.59. The molecule has 0 aromatic heterocycles. The van der Waals surface area contributed by atoms with Gasteiger partial charge in [0.05, 0.1) is 6.61 Å². The topological polar surface area (TPSA) is 38.7 Å². The number of hydrogen-bond acceptors (Lipinski definition) is 3. The number of hydrogen-bond donors (Lipinski definition) is 1. The van der Waals surface area contributed by atoms with E-state index in [0.717, 1.165) is 5.56 Å². The van der Waals surface area contributed by atoms with Crippen molar-refractivity contribution in [3.8, 4) is 11.5 Å². The number of alkyl halides is 2. The second kappa shape index (κ2) is 6.70. The Hall–Kier alpha value is -1.36. The molecule has 19 heavy (non-hydrogen) atoms. The summed E-state index contributed by atoms with van der Waals surface area (Å²) < 4.78 is 34.6. The van der Waals surface area contributed by atoms with E-state index in [1.165, 1.54) is 0 Å². The predicted octanol–water partition coefficient (Wildman–Crippen LogP) is 3.35. The van der Waals surface area contributed by atoms with Crippen LogP contribution in [0.15, 0.2) is 18.2 Å². The zero-order chi connectivity index (χ0) is 14.5. The van der Waals surface area contributed by atoms with E-state index in [0.29, 0.717) is 6.42 Å². The van der Waals surface area contributed by atoms with E-state index in [1.54, 1.807) is 12.1 Å². The number of benzene rings is 1. The van der Waals surface area contributed by atoms with Gasteiger partial charge in [-0.25, -0.2) is 0 Å². The van der Waals surface area contributed by atoms with Crippen LogP contribution in [0, 0.1) is 0 Å². The molecular weight excluding hydrogens is 254 g/mol. The summed E-state index contributed by atoms with van der Waals surface area (Å²) in [6, 6.07) is 5.02. The van der Waals surface area contributed by atoms with Crippen molar-refractivity contribution in [3.63, 3.8) is 0 Å². The SMILES string of the molecule is CC(C)(C)c1ccc(OCCCO)c(OC(F)F)c1. The molecule has 1 aromatic rings. The van der Waals surface area contributed by atoms with Crippen LogP contribution in [0.5, 0.6) is 11.5 Å². The van der Waals surface area contributed by atoms with E-state index in [2.05, 4.69) is 4.74 Å². The van der Waals surface area contributed by atoms with Crippen LogP contribution in [0.2, 0.25) is 0 Å². The molecule has 0 spiro atoms. The molecule has 0 saturated carbocycles. The van der Waals surface area contributed by atoms with Gasteiger partial charge in [-0.3, -0.25) is 0 Å². The quantitative estimate of drug-likeness (QED) is 0.808.